The molecule has 198 valence electrons. The van der Waals surface area contributed by atoms with Gasteiger partial charge in [-0.15, -0.1) is 0 Å². The SMILES string of the molecule is CC(C)(C)c1ccc(-c2nc(-c3ccc(C(C)(C)C)cc3)nc(-c3ccc(C4C=CC(F)=CC4)nc3)n2)cc1. The maximum absolute atomic E-state index is 13.4. The zero-order chi connectivity index (χ0) is 27.8. The Bertz CT molecular complexity index is 1440. The molecule has 5 heteroatoms. The van der Waals surface area contributed by atoms with Crippen LogP contribution in [0.25, 0.3) is 34.2 Å². The minimum absolute atomic E-state index is 0.0608. The highest BCUT2D eigenvalue weighted by molar-refractivity contribution is 5.66. The molecule has 39 heavy (non-hydrogen) atoms. The van der Waals surface area contributed by atoms with Crippen LogP contribution in [0.15, 0.2) is 90.9 Å². The van der Waals surface area contributed by atoms with E-state index in [9.17, 15) is 4.39 Å². The third kappa shape index (κ3) is 6.03. The van der Waals surface area contributed by atoms with E-state index in [2.05, 4.69) is 95.1 Å². The van der Waals surface area contributed by atoms with Gasteiger partial charge in [-0.05, 0) is 52.7 Å². The number of hydrogen-bond acceptors (Lipinski definition) is 4. The molecule has 1 atom stereocenters. The monoisotopic (exact) mass is 518 g/mol. The summed E-state index contributed by atoms with van der Waals surface area (Å²) in [7, 11) is 0. The van der Waals surface area contributed by atoms with Crippen molar-refractivity contribution in [2.24, 2.45) is 0 Å². The summed E-state index contributed by atoms with van der Waals surface area (Å²) in [6, 6.07) is 20.8. The van der Waals surface area contributed by atoms with Crippen LogP contribution >= 0.6 is 0 Å². The van der Waals surface area contributed by atoms with E-state index in [0.717, 1.165) is 22.4 Å². The molecular weight excluding hydrogens is 483 g/mol. The van der Waals surface area contributed by atoms with Crippen molar-refractivity contribution in [2.45, 2.75) is 64.7 Å². The van der Waals surface area contributed by atoms with Gasteiger partial charge in [-0.3, -0.25) is 4.98 Å². The molecule has 1 unspecified atom stereocenters. The van der Waals surface area contributed by atoms with Gasteiger partial charge >= 0.3 is 0 Å². The van der Waals surface area contributed by atoms with Crippen molar-refractivity contribution >= 4 is 0 Å². The van der Waals surface area contributed by atoms with Crippen molar-refractivity contribution in [1.29, 1.82) is 0 Å². The third-order valence-corrected chi connectivity index (χ3v) is 7.13. The highest BCUT2D eigenvalue weighted by atomic mass is 19.1. The van der Waals surface area contributed by atoms with E-state index in [-0.39, 0.29) is 22.6 Å². The van der Waals surface area contributed by atoms with E-state index >= 15 is 0 Å². The van der Waals surface area contributed by atoms with Crippen LogP contribution in [0.1, 0.15) is 70.7 Å². The van der Waals surface area contributed by atoms with Crippen molar-refractivity contribution in [2.75, 3.05) is 0 Å². The molecule has 0 fully saturated rings. The number of benzene rings is 2. The Balaban J connectivity index is 1.55. The molecule has 0 bridgehead atoms. The van der Waals surface area contributed by atoms with Gasteiger partial charge in [0.25, 0.3) is 0 Å². The molecule has 4 aromatic rings. The molecule has 5 rings (SSSR count). The number of pyridine rings is 1. The number of rotatable bonds is 4. The van der Waals surface area contributed by atoms with Crippen LogP contribution in [0.2, 0.25) is 0 Å². The summed E-state index contributed by atoms with van der Waals surface area (Å²) in [4.78, 5) is 19.3. The van der Waals surface area contributed by atoms with Gasteiger partial charge < -0.3 is 0 Å². The third-order valence-electron chi connectivity index (χ3n) is 7.13. The summed E-state index contributed by atoms with van der Waals surface area (Å²) in [5.74, 6) is 1.68. The van der Waals surface area contributed by atoms with Gasteiger partial charge in [-0.1, -0.05) is 96.1 Å². The van der Waals surface area contributed by atoms with Crippen LogP contribution < -0.4 is 0 Å². The average Bonchev–Trinajstić information content (AvgIpc) is 2.92. The second-order valence-electron chi connectivity index (χ2n) is 12.2. The summed E-state index contributed by atoms with van der Waals surface area (Å²) in [6.45, 7) is 13.2. The molecular formula is C34H35FN4. The zero-order valence-electron chi connectivity index (χ0n) is 23.5. The van der Waals surface area contributed by atoms with Crippen LogP contribution in [-0.4, -0.2) is 19.9 Å². The van der Waals surface area contributed by atoms with Gasteiger partial charge in [-0.25, -0.2) is 19.3 Å². The quantitative estimate of drug-likeness (QED) is 0.271. The predicted molar refractivity (Wildman–Crippen MR) is 157 cm³/mol. The van der Waals surface area contributed by atoms with Gasteiger partial charge in [0.1, 0.15) is 5.83 Å². The number of hydrogen-bond donors (Lipinski definition) is 0. The second kappa shape index (κ2) is 10.3. The summed E-state index contributed by atoms with van der Waals surface area (Å²) in [6.07, 6.45) is 7.36. The fourth-order valence-electron chi connectivity index (χ4n) is 4.57. The van der Waals surface area contributed by atoms with Crippen molar-refractivity contribution < 1.29 is 4.39 Å². The van der Waals surface area contributed by atoms with Crippen molar-refractivity contribution in [3.63, 3.8) is 0 Å². The van der Waals surface area contributed by atoms with Gasteiger partial charge in [0.05, 0.1) is 0 Å². The van der Waals surface area contributed by atoms with E-state index in [1.54, 1.807) is 12.3 Å². The summed E-state index contributed by atoms with van der Waals surface area (Å²) >= 11 is 0. The lowest BCUT2D eigenvalue weighted by Crippen LogP contribution is -2.11. The largest absolute Gasteiger partial charge is 0.260 e. The maximum atomic E-state index is 13.4. The first-order valence-electron chi connectivity index (χ1n) is 13.5. The Labute approximate surface area is 230 Å². The van der Waals surface area contributed by atoms with Gasteiger partial charge in [-0.2, -0.15) is 0 Å². The van der Waals surface area contributed by atoms with Gasteiger partial charge in [0, 0.05) is 34.5 Å². The Kier molecular flexibility index (Phi) is 7.02. The lowest BCUT2D eigenvalue weighted by molar-refractivity contribution is 0.590. The standard InChI is InChI=1S/C34H35FN4/c1-33(2,3)26-14-7-23(8-15-26)30-37-31(24-9-16-27(17-10-24)34(4,5)6)39-32(38-30)25-13-20-29(36-21-25)22-11-18-28(35)19-12-22/h7-11,13-22H,12H2,1-6H3. The Morgan fingerprint density at radius 3 is 1.49 bits per heavy atom. The Morgan fingerprint density at radius 2 is 1.10 bits per heavy atom. The first kappa shape index (κ1) is 26.6. The second-order valence-corrected chi connectivity index (χ2v) is 12.2. The molecule has 0 aliphatic heterocycles. The van der Waals surface area contributed by atoms with Gasteiger partial charge in [0.2, 0.25) is 0 Å². The number of allylic oxidation sites excluding steroid dienone is 4. The normalized spacial score (nSPS) is 15.8. The molecule has 2 aromatic carbocycles. The van der Waals surface area contributed by atoms with Gasteiger partial charge in [0.15, 0.2) is 17.5 Å². The number of halogens is 1. The zero-order valence-corrected chi connectivity index (χ0v) is 23.5. The molecule has 0 saturated heterocycles. The first-order valence-corrected chi connectivity index (χ1v) is 13.5. The van der Waals surface area contributed by atoms with E-state index < -0.39 is 0 Å². The highest BCUT2D eigenvalue weighted by Gasteiger charge is 2.18. The molecule has 2 heterocycles. The summed E-state index contributed by atoms with van der Waals surface area (Å²) in [5.41, 5.74) is 6.20. The number of aromatic nitrogens is 4. The fraction of sp³-hybridized carbons (Fsp3) is 0.294. The van der Waals surface area contributed by atoms with Crippen LogP contribution in [0, 0.1) is 0 Å². The summed E-state index contributed by atoms with van der Waals surface area (Å²) in [5, 5.41) is 0. The molecule has 1 aliphatic rings. The van der Waals surface area contributed by atoms with Crippen molar-refractivity contribution in [1.82, 2.24) is 19.9 Å². The molecule has 2 aromatic heterocycles. The summed E-state index contributed by atoms with van der Waals surface area (Å²) < 4.78 is 13.4. The van der Waals surface area contributed by atoms with Crippen LogP contribution in [0.3, 0.4) is 0 Å². The first-order chi connectivity index (χ1) is 18.5. The van der Waals surface area contributed by atoms with Crippen LogP contribution in [0.5, 0.6) is 0 Å². The molecule has 0 amide bonds. The minimum atomic E-state index is -0.195. The lowest BCUT2D eigenvalue weighted by atomic mass is 9.86. The molecule has 0 N–H and O–H groups in total. The lowest BCUT2D eigenvalue weighted by Gasteiger charge is -2.19. The topological polar surface area (TPSA) is 51.6 Å². The van der Waals surface area contributed by atoms with Crippen molar-refractivity contribution in [3.8, 4) is 34.2 Å². The molecule has 4 nitrogen and oxygen atoms in total. The smallest absolute Gasteiger partial charge is 0.165 e. The van der Waals surface area contributed by atoms with Crippen LogP contribution in [0.4, 0.5) is 4.39 Å². The van der Waals surface area contributed by atoms with Crippen LogP contribution in [-0.2, 0) is 10.8 Å². The maximum Gasteiger partial charge on any atom is 0.165 e. The molecule has 0 spiro atoms. The highest BCUT2D eigenvalue weighted by Crippen LogP contribution is 2.30. The van der Waals surface area contributed by atoms with Crippen molar-refractivity contribution in [3.05, 3.63) is 108 Å². The predicted octanol–water partition coefficient (Wildman–Crippen LogP) is 8.76. The number of nitrogens with zero attached hydrogens (tertiary/aromatic N) is 4. The fourth-order valence-corrected chi connectivity index (χ4v) is 4.57. The minimum Gasteiger partial charge on any atom is -0.260 e. The molecule has 0 radical (unpaired) electrons. The Morgan fingerprint density at radius 1 is 0.641 bits per heavy atom. The van der Waals surface area contributed by atoms with E-state index in [4.69, 9.17) is 15.0 Å². The van der Waals surface area contributed by atoms with E-state index in [1.165, 1.54) is 17.2 Å². The van der Waals surface area contributed by atoms with E-state index in [1.807, 2.05) is 18.2 Å². The average molecular weight is 519 g/mol. The van der Waals surface area contributed by atoms with E-state index in [0.29, 0.717) is 23.9 Å². The Hall–Kier alpha value is -3.99. The molecule has 0 saturated carbocycles. The molecule has 1 aliphatic carbocycles.